The SMILES string of the molecule is NCCCNCC1COC(C2OCC(NCCCN)CO2)O1. The Morgan fingerprint density at radius 2 is 1.55 bits per heavy atom. The van der Waals surface area contributed by atoms with Gasteiger partial charge in [-0.1, -0.05) is 0 Å². The second-order valence-corrected chi connectivity index (χ2v) is 5.63. The molecular formula is C14H30N4O4. The zero-order valence-electron chi connectivity index (χ0n) is 13.2. The van der Waals surface area contributed by atoms with Crippen LogP contribution < -0.4 is 22.1 Å². The summed E-state index contributed by atoms with van der Waals surface area (Å²) in [6.45, 7) is 5.67. The van der Waals surface area contributed by atoms with Gasteiger partial charge in [0.25, 0.3) is 0 Å². The number of hydrogen-bond acceptors (Lipinski definition) is 8. The van der Waals surface area contributed by atoms with E-state index in [1.165, 1.54) is 0 Å². The molecule has 2 aliphatic heterocycles. The van der Waals surface area contributed by atoms with Crippen molar-refractivity contribution in [1.82, 2.24) is 10.6 Å². The van der Waals surface area contributed by atoms with E-state index >= 15 is 0 Å². The molecule has 22 heavy (non-hydrogen) atoms. The van der Waals surface area contributed by atoms with Crippen molar-refractivity contribution in [3.63, 3.8) is 0 Å². The zero-order chi connectivity index (χ0) is 15.6. The van der Waals surface area contributed by atoms with Gasteiger partial charge in [0, 0.05) is 6.54 Å². The van der Waals surface area contributed by atoms with Crippen molar-refractivity contribution in [2.75, 3.05) is 52.5 Å². The lowest BCUT2D eigenvalue weighted by Gasteiger charge is -2.32. The topological polar surface area (TPSA) is 113 Å². The quantitative estimate of drug-likeness (QED) is 0.354. The molecule has 0 aliphatic carbocycles. The molecule has 0 bridgehead atoms. The maximum atomic E-state index is 5.81. The lowest BCUT2D eigenvalue weighted by Crippen LogP contribution is -2.48. The van der Waals surface area contributed by atoms with Crippen molar-refractivity contribution in [2.24, 2.45) is 11.5 Å². The summed E-state index contributed by atoms with van der Waals surface area (Å²) in [5.41, 5.74) is 10.9. The monoisotopic (exact) mass is 318 g/mol. The summed E-state index contributed by atoms with van der Waals surface area (Å²) in [4.78, 5) is 0. The van der Waals surface area contributed by atoms with Gasteiger partial charge < -0.3 is 41.0 Å². The molecule has 2 fully saturated rings. The molecule has 2 atom stereocenters. The van der Waals surface area contributed by atoms with E-state index in [1.54, 1.807) is 0 Å². The molecule has 2 unspecified atom stereocenters. The summed E-state index contributed by atoms with van der Waals surface area (Å²) in [5.74, 6) is 0. The highest BCUT2D eigenvalue weighted by Gasteiger charge is 2.36. The van der Waals surface area contributed by atoms with Gasteiger partial charge in [-0.05, 0) is 39.0 Å². The molecule has 8 nitrogen and oxygen atoms in total. The van der Waals surface area contributed by atoms with E-state index in [9.17, 15) is 0 Å². The third kappa shape index (κ3) is 6.05. The molecular weight excluding hydrogens is 288 g/mol. The Morgan fingerprint density at radius 3 is 2.27 bits per heavy atom. The van der Waals surface area contributed by atoms with E-state index in [0.29, 0.717) is 32.9 Å². The molecule has 2 aliphatic rings. The zero-order valence-corrected chi connectivity index (χ0v) is 13.2. The predicted molar refractivity (Wildman–Crippen MR) is 82.3 cm³/mol. The molecule has 6 N–H and O–H groups in total. The lowest BCUT2D eigenvalue weighted by atomic mass is 10.3. The summed E-state index contributed by atoms with van der Waals surface area (Å²) in [6, 6.07) is 0.206. The molecule has 130 valence electrons. The van der Waals surface area contributed by atoms with E-state index in [4.69, 9.17) is 30.4 Å². The van der Waals surface area contributed by atoms with Crippen molar-refractivity contribution in [3.05, 3.63) is 0 Å². The summed E-state index contributed by atoms with van der Waals surface area (Å²) in [7, 11) is 0. The second-order valence-electron chi connectivity index (χ2n) is 5.63. The highest BCUT2D eigenvalue weighted by Crippen LogP contribution is 2.20. The van der Waals surface area contributed by atoms with Gasteiger partial charge in [-0.25, -0.2) is 0 Å². The van der Waals surface area contributed by atoms with E-state index in [-0.39, 0.29) is 12.1 Å². The summed E-state index contributed by atoms with van der Waals surface area (Å²) >= 11 is 0. The molecule has 2 saturated heterocycles. The third-order valence-corrected chi connectivity index (χ3v) is 3.66. The number of rotatable bonds is 10. The van der Waals surface area contributed by atoms with Crippen LogP contribution in [0.1, 0.15) is 12.8 Å². The van der Waals surface area contributed by atoms with E-state index in [1.807, 2.05) is 0 Å². The second kappa shape index (κ2) is 10.5. The van der Waals surface area contributed by atoms with Crippen molar-refractivity contribution < 1.29 is 18.9 Å². The Morgan fingerprint density at radius 1 is 0.864 bits per heavy atom. The molecule has 2 heterocycles. The van der Waals surface area contributed by atoms with Gasteiger partial charge in [0.1, 0.15) is 0 Å². The van der Waals surface area contributed by atoms with Crippen LogP contribution in [0.2, 0.25) is 0 Å². The fourth-order valence-electron chi connectivity index (χ4n) is 2.41. The van der Waals surface area contributed by atoms with E-state index in [0.717, 1.165) is 32.5 Å². The Bertz CT molecular complexity index is 290. The minimum absolute atomic E-state index is 0.0374. The molecule has 8 heteroatoms. The summed E-state index contributed by atoms with van der Waals surface area (Å²) in [6.07, 6.45) is 1.07. The Labute approximate surface area is 132 Å². The Hall–Kier alpha value is -0.320. The largest absolute Gasteiger partial charge is 0.346 e. The molecule has 0 saturated carbocycles. The average Bonchev–Trinajstić information content (AvgIpc) is 3.01. The van der Waals surface area contributed by atoms with Crippen LogP contribution in [0.15, 0.2) is 0 Å². The van der Waals surface area contributed by atoms with Crippen LogP contribution in [-0.4, -0.2) is 77.3 Å². The summed E-state index contributed by atoms with van der Waals surface area (Å²) < 4.78 is 22.8. The standard InChI is InChI=1S/C14H30N4O4/c15-3-1-5-17-7-12-10-21-14(22-12)13-19-8-11(9-20-13)18-6-2-4-16/h11-14,17-18H,1-10,15-16H2. The Balaban J connectivity index is 1.57. The van der Waals surface area contributed by atoms with Gasteiger partial charge in [0.2, 0.25) is 12.6 Å². The van der Waals surface area contributed by atoms with Crippen LogP contribution in [-0.2, 0) is 18.9 Å². The number of nitrogens with two attached hydrogens (primary N) is 2. The van der Waals surface area contributed by atoms with Gasteiger partial charge in [-0.2, -0.15) is 0 Å². The highest BCUT2D eigenvalue weighted by atomic mass is 16.8. The van der Waals surface area contributed by atoms with Gasteiger partial charge >= 0.3 is 0 Å². The van der Waals surface area contributed by atoms with Crippen molar-refractivity contribution in [2.45, 2.75) is 37.6 Å². The molecule has 0 spiro atoms. The maximum Gasteiger partial charge on any atom is 0.209 e. The van der Waals surface area contributed by atoms with Crippen LogP contribution in [0.3, 0.4) is 0 Å². The normalized spacial score (nSPS) is 32.5. The first-order valence-electron chi connectivity index (χ1n) is 8.18. The van der Waals surface area contributed by atoms with Crippen molar-refractivity contribution >= 4 is 0 Å². The number of ether oxygens (including phenoxy) is 4. The number of hydrogen-bond donors (Lipinski definition) is 4. The minimum Gasteiger partial charge on any atom is -0.346 e. The highest BCUT2D eigenvalue weighted by molar-refractivity contribution is 4.75. The van der Waals surface area contributed by atoms with Gasteiger partial charge in [0.15, 0.2) is 0 Å². The van der Waals surface area contributed by atoms with Crippen molar-refractivity contribution in [1.29, 1.82) is 0 Å². The molecule has 0 aromatic heterocycles. The Kier molecular flexibility index (Phi) is 8.56. The van der Waals surface area contributed by atoms with Crippen molar-refractivity contribution in [3.8, 4) is 0 Å². The molecule has 0 radical (unpaired) electrons. The average molecular weight is 318 g/mol. The number of nitrogens with one attached hydrogen (secondary N) is 2. The first-order valence-corrected chi connectivity index (χ1v) is 8.18. The molecule has 2 rings (SSSR count). The first kappa shape index (κ1) is 18.0. The molecule has 0 amide bonds. The molecule has 0 aromatic rings. The fourth-order valence-corrected chi connectivity index (χ4v) is 2.41. The van der Waals surface area contributed by atoms with Gasteiger partial charge in [-0.15, -0.1) is 0 Å². The van der Waals surface area contributed by atoms with Crippen LogP contribution in [0.5, 0.6) is 0 Å². The van der Waals surface area contributed by atoms with Crippen LogP contribution >= 0.6 is 0 Å². The van der Waals surface area contributed by atoms with E-state index < -0.39 is 12.6 Å². The van der Waals surface area contributed by atoms with Gasteiger partial charge in [0.05, 0.1) is 32.0 Å². The maximum absolute atomic E-state index is 5.81. The lowest BCUT2D eigenvalue weighted by molar-refractivity contribution is -0.279. The van der Waals surface area contributed by atoms with Crippen LogP contribution in [0.25, 0.3) is 0 Å². The minimum atomic E-state index is -0.443. The van der Waals surface area contributed by atoms with Crippen LogP contribution in [0.4, 0.5) is 0 Å². The fraction of sp³-hybridized carbons (Fsp3) is 1.00. The predicted octanol–water partition coefficient (Wildman–Crippen LogP) is -1.65. The summed E-state index contributed by atoms with van der Waals surface area (Å²) in [5, 5.41) is 6.65. The molecule has 0 aromatic carbocycles. The first-order chi connectivity index (χ1) is 10.8. The third-order valence-electron chi connectivity index (χ3n) is 3.66. The van der Waals surface area contributed by atoms with E-state index in [2.05, 4.69) is 10.6 Å². The smallest absolute Gasteiger partial charge is 0.209 e. The van der Waals surface area contributed by atoms with Crippen LogP contribution in [0, 0.1) is 0 Å². The van der Waals surface area contributed by atoms with Gasteiger partial charge in [-0.3, -0.25) is 0 Å².